The van der Waals surface area contributed by atoms with Crippen LogP contribution in [0.1, 0.15) is 17.4 Å². The Morgan fingerprint density at radius 3 is 2.32 bits per heavy atom. The maximum Gasteiger partial charge on any atom is 0.307 e. The van der Waals surface area contributed by atoms with Crippen LogP contribution in [0.3, 0.4) is 0 Å². The molecule has 0 aromatic heterocycles. The summed E-state index contributed by atoms with van der Waals surface area (Å²) in [5.41, 5.74) is 2.29. The Hall–Kier alpha value is -2.77. The molecule has 0 saturated carbocycles. The van der Waals surface area contributed by atoms with Gasteiger partial charge in [-0.1, -0.05) is 12.1 Å². The normalized spacial score (nSPS) is 14.4. The van der Waals surface area contributed by atoms with Gasteiger partial charge in [0.25, 0.3) is 0 Å². The van der Waals surface area contributed by atoms with Crippen molar-refractivity contribution in [3.8, 4) is 5.75 Å². The molecule has 0 spiro atoms. The Labute approximate surface area is 125 Å². The van der Waals surface area contributed by atoms with Crippen molar-refractivity contribution < 1.29 is 24.8 Å². The third kappa shape index (κ3) is 3.46. The van der Waals surface area contributed by atoms with Crippen LogP contribution in [0.15, 0.2) is 52.7 Å². The smallest absolute Gasteiger partial charge is 0.307 e. The topological polar surface area (TPSA) is 107 Å². The van der Waals surface area contributed by atoms with Crippen molar-refractivity contribution >= 4 is 17.3 Å². The van der Waals surface area contributed by atoms with Crippen LogP contribution in [0.25, 0.3) is 0 Å². The molecule has 1 saturated heterocycles. The number of hydrogen-bond acceptors (Lipinski definition) is 6. The fraction of sp³-hybridized carbons (Fsp3) is 0.133. The van der Waals surface area contributed by atoms with Crippen LogP contribution in [0, 0.1) is 0 Å². The monoisotopic (exact) mass is 300 g/mol. The molecule has 0 unspecified atom stereocenters. The Morgan fingerprint density at radius 2 is 1.68 bits per heavy atom. The van der Waals surface area contributed by atoms with Crippen molar-refractivity contribution in [2.45, 2.75) is 12.7 Å². The van der Waals surface area contributed by atoms with Crippen LogP contribution < -0.4 is 0 Å². The van der Waals surface area contributed by atoms with Crippen LogP contribution in [0.5, 0.6) is 5.75 Å². The third-order valence-electron chi connectivity index (χ3n) is 3.04. The molecule has 2 aromatic rings. The lowest BCUT2D eigenvalue weighted by Crippen LogP contribution is -1.99. The minimum atomic E-state index is -1.02. The van der Waals surface area contributed by atoms with Gasteiger partial charge >= 0.3 is 5.97 Å². The summed E-state index contributed by atoms with van der Waals surface area (Å²) in [6, 6.07) is 11.6. The molecular weight excluding hydrogens is 288 g/mol. The highest BCUT2D eigenvalue weighted by Crippen LogP contribution is 2.33. The fourth-order valence-electron chi connectivity index (χ4n) is 1.89. The lowest BCUT2D eigenvalue weighted by molar-refractivity contribution is -0.136. The molecule has 0 radical (unpaired) electrons. The summed E-state index contributed by atoms with van der Waals surface area (Å²) in [5, 5.41) is 26.5. The molecule has 7 heteroatoms. The molecular formula is C15H12N2O5. The van der Waals surface area contributed by atoms with Crippen molar-refractivity contribution in [3.63, 3.8) is 0 Å². The predicted molar refractivity (Wildman–Crippen MR) is 75.0 cm³/mol. The summed E-state index contributed by atoms with van der Waals surface area (Å²) in [7, 11) is 0. The lowest BCUT2D eigenvalue weighted by Gasteiger charge is -2.02. The number of phenolic OH excluding ortho intramolecular Hbond substituents is 1. The Morgan fingerprint density at radius 1 is 1.05 bits per heavy atom. The van der Waals surface area contributed by atoms with Gasteiger partial charge in [-0.15, -0.1) is 0 Å². The molecule has 1 aliphatic rings. The van der Waals surface area contributed by atoms with E-state index < -0.39 is 5.97 Å². The SMILES string of the molecule is O=C(O)Cc1cc(N=Nc2ccc(C3OO3)cc2)ccc1O. The van der Waals surface area contributed by atoms with Crippen LogP contribution in [-0.4, -0.2) is 16.2 Å². The summed E-state index contributed by atoms with van der Waals surface area (Å²) in [5.74, 6) is -1.10. The maximum absolute atomic E-state index is 10.7. The second-order valence-electron chi connectivity index (χ2n) is 4.70. The molecule has 2 aromatic carbocycles. The largest absolute Gasteiger partial charge is 0.508 e. The van der Waals surface area contributed by atoms with Gasteiger partial charge < -0.3 is 10.2 Å². The molecule has 0 aliphatic carbocycles. The van der Waals surface area contributed by atoms with E-state index >= 15 is 0 Å². The number of carboxylic acid groups (broad SMARTS) is 1. The summed E-state index contributed by atoms with van der Waals surface area (Å²) in [4.78, 5) is 20.1. The van der Waals surface area contributed by atoms with E-state index in [9.17, 15) is 9.90 Å². The summed E-state index contributed by atoms with van der Waals surface area (Å²) >= 11 is 0. The number of carbonyl (C=O) groups is 1. The van der Waals surface area contributed by atoms with E-state index in [1.165, 1.54) is 12.1 Å². The summed E-state index contributed by atoms with van der Waals surface area (Å²) in [6.07, 6.45) is -0.563. The van der Waals surface area contributed by atoms with Crippen molar-refractivity contribution in [1.82, 2.24) is 0 Å². The number of phenols is 1. The van der Waals surface area contributed by atoms with E-state index in [1.54, 1.807) is 18.2 Å². The van der Waals surface area contributed by atoms with Crippen LogP contribution >= 0.6 is 0 Å². The molecule has 112 valence electrons. The molecule has 1 fully saturated rings. The zero-order valence-electron chi connectivity index (χ0n) is 11.3. The molecule has 0 bridgehead atoms. The second-order valence-corrected chi connectivity index (χ2v) is 4.70. The van der Waals surface area contributed by atoms with E-state index in [2.05, 4.69) is 10.2 Å². The number of azo groups is 1. The van der Waals surface area contributed by atoms with Gasteiger partial charge in [0, 0.05) is 11.1 Å². The van der Waals surface area contributed by atoms with Gasteiger partial charge in [0.15, 0.2) is 0 Å². The van der Waals surface area contributed by atoms with Crippen LogP contribution in [0.2, 0.25) is 0 Å². The molecule has 3 rings (SSSR count). The zero-order valence-corrected chi connectivity index (χ0v) is 11.3. The standard InChI is InChI=1S/C15H12N2O5/c18-13-6-5-12(7-10(13)8-14(19)20)17-16-11-3-1-9(2-4-11)15-21-22-15/h1-7,15,18H,8H2,(H,19,20). The first-order chi connectivity index (χ1) is 10.6. The van der Waals surface area contributed by atoms with Gasteiger partial charge in [0.1, 0.15) is 5.75 Å². The van der Waals surface area contributed by atoms with Gasteiger partial charge in [0.05, 0.1) is 17.8 Å². The Bertz CT molecular complexity index is 723. The van der Waals surface area contributed by atoms with E-state index in [-0.39, 0.29) is 18.5 Å². The minimum Gasteiger partial charge on any atom is -0.508 e. The van der Waals surface area contributed by atoms with Gasteiger partial charge in [-0.2, -0.15) is 20.0 Å². The van der Waals surface area contributed by atoms with Crippen molar-refractivity contribution in [3.05, 3.63) is 53.6 Å². The average Bonchev–Trinajstić information content (AvgIpc) is 3.33. The van der Waals surface area contributed by atoms with Gasteiger partial charge in [0.2, 0.25) is 6.29 Å². The quantitative estimate of drug-likeness (QED) is 0.500. The Balaban J connectivity index is 1.75. The number of nitrogens with zero attached hydrogens (tertiary/aromatic N) is 2. The summed E-state index contributed by atoms with van der Waals surface area (Å²) in [6.45, 7) is 0. The molecule has 1 heterocycles. The van der Waals surface area contributed by atoms with Crippen LogP contribution in [0.4, 0.5) is 11.4 Å². The van der Waals surface area contributed by atoms with Gasteiger partial charge in [-0.05, 0) is 30.3 Å². The van der Waals surface area contributed by atoms with Crippen molar-refractivity contribution in [1.29, 1.82) is 0 Å². The van der Waals surface area contributed by atoms with Gasteiger partial charge in [-0.25, -0.2) is 0 Å². The van der Waals surface area contributed by atoms with Crippen molar-refractivity contribution in [2.24, 2.45) is 10.2 Å². The van der Waals surface area contributed by atoms with E-state index in [4.69, 9.17) is 14.9 Å². The molecule has 0 atom stereocenters. The predicted octanol–water partition coefficient (Wildman–Crippen LogP) is 3.40. The second kappa shape index (κ2) is 5.92. The van der Waals surface area contributed by atoms with Gasteiger partial charge in [-0.3, -0.25) is 4.79 Å². The molecule has 1 aliphatic heterocycles. The number of rotatable bonds is 5. The average molecular weight is 300 g/mol. The first-order valence-corrected chi connectivity index (χ1v) is 6.49. The molecule has 7 nitrogen and oxygen atoms in total. The number of aliphatic carboxylic acids is 1. The fourth-order valence-corrected chi connectivity index (χ4v) is 1.89. The Kier molecular flexibility index (Phi) is 3.82. The first-order valence-electron chi connectivity index (χ1n) is 6.49. The third-order valence-corrected chi connectivity index (χ3v) is 3.04. The maximum atomic E-state index is 10.7. The zero-order chi connectivity index (χ0) is 15.5. The van der Waals surface area contributed by atoms with Crippen LogP contribution in [-0.2, 0) is 21.0 Å². The highest BCUT2D eigenvalue weighted by Gasteiger charge is 2.27. The molecule has 2 N–H and O–H groups in total. The van der Waals surface area contributed by atoms with E-state index in [1.807, 2.05) is 12.1 Å². The first kappa shape index (κ1) is 14.2. The van der Waals surface area contributed by atoms with E-state index in [0.717, 1.165) is 5.56 Å². The molecule has 22 heavy (non-hydrogen) atoms. The summed E-state index contributed by atoms with van der Waals surface area (Å²) < 4.78 is 0. The highest BCUT2D eigenvalue weighted by molar-refractivity contribution is 5.72. The number of benzene rings is 2. The van der Waals surface area contributed by atoms with Crippen molar-refractivity contribution in [2.75, 3.05) is 0 Å². The number of aromatic hydroxyl groups is 1. The lowest BCUT2D eigenvalue weighted by atomic mass is 10.1. The molecule has 0 amide bonds. The van der Waals surface area contributed by atoms with E-state index in [0.29, 0.717) is 16.9 Å². The number of hydrogen-bond donors (Lipinski definition) is 2. The minimum absolute atomic E-state index is 0.0739. The highest BCUT2D eigenvalue weighted by atomic mass is 17.4. The number of carboxylic acids is 1.